The van der Waals surface area contributed by atoms with Crippen molar-refractivity contribution in [3.05, 3.63) is 76.0 Å². The van der Waals surface area contributed by atoms with E-state index in [2.05, 4.69) is 49.7 Å². The average Bonchev–Trinajstić information content (AvgIpc) is 3.39. The van der Waals surface area contributed by atoms with Gasteiger partial charge in [0.05, 0.1) is 0 Å². The van der Waals surface area contributed by atoms with E-state index in [4.69, 9.17) is 21.1 Å². The number of fused-ring (bicyclic) bond motifs is 1. The molecule has 1 fully saturated rings. The lowest BCUT2D eigenvalue weighted by atomic mass is 10.0. The number of nitrogens with zero attached hydrogens (tertiary/aromatic N) is 6. The largest absolute Gasteiger partial charge is 0.369 e. The molecule has 5 aromatic rings. The molecule has 6 rings (SSSR count). The van der Waals surface area contributed by atoms with Crippen LogP contribution in [0.25, 0.3) is 33.5 Å². The Morgan fingerprint density at radius 3 is 2.65 bits per heavy atom. The minimum atomic E-state index is -0.181. The summed E-state index contributed by atoms with van der Waals surface area (Å²) < 4.78 is 6.71. The quantitative estimate of drug-likeness (QED) is 0.297. The first-order valence-electron chi connectivity index (χ1n) is 13.3. The van der Waals surface area contributed by atoms with Crippen LogP contribution in [0, 0.1) is 6.92 Å². The highest BCUT2D eigenvalue weighted by atomic mass is 35.5. The van der Waals surface area contributed by atoms with Crippen molar-refractivity contribution in [2.75, 3.05) is 29.9 Å². The maximum atomic E-state index is 13.6. The second-order valence-electron chi connectivity index (χ2n) is 9.88. The topological polar surface area (TPSA) is 114 Å². The highest BCUT2D eigenvalue weighted by Gasteiger charge is 2.18. The van der Waals surface area contributed by atoms with Gasteiger partial charge in [-0.05, 0) is 50.2 Å². The van der Waals surface area contributed by atoms with E-state index in [-0.39, 0.29) is 5.56 Å². The third kappa shape index (κ3) is 5.03. The number of piperazine rings is 1. The van der Waals surface area contributed by atoms with Crippen molar-refractivity contribution in [2.24, 2.45) is 0 Å². The predicted molar refractivity (Wildman–Crippen MR) is 157 cm³/mol. The molecule has 2 N–H and O–H groups in total. The zero-order valence-corrected chi connectivity index (χ0v) is 23.2. The lowest BCUT2D eigenvalue weighted by Crippen LogP contribution is -2.49. The molecule has 0 amide bonds. The number of hydrogen-bond acceptors (Lipinski definition) is 9. The van der Waals surface area contributed by atoms with Gasteiger partial charge in [-0.2, -0.15) is 9.97 Å². The standard InChI is InChI=1S/C29H29ClN8O2/c1-4-38-27-20(13-24(28(38)39)23-10-5-19(14-25(23)30)26-33-18(3)40-36-26)15-32-29(35-27)34-21-6-8-22(9-7-21)37-12-11-31-17(2)16-37/h5-10,13-15,17,31H,4,11-12,16H2,1-3H3,(H,32,34,35). The van der Waals surface area contributed by atoms with Gasteiger partial charge in [0.25, 0.3) is 5.56 Å². The Labute approximate surface area is 236 Å². The molecule has 1 aliphatic rings. The van der Waals surface area contributed by atoms with E-state index in [1.165, 1.54) is 5.69 Å². The number of aryl methyl sites for hydroxylation is 2. The molecule has 0 spiro atoms. The first kappa shape index (κ1) is 26.0. The number of nitrogens with one attached hydrogen (secondary N) is 2. The van der Waals surface area contributed by atoms with E-state index in [1.807, 2.05) is 25.1 Å². The normalized spacial score (nSPS) is 15.5. The minimum absolute atomic E-state index is 0.181. The third-order valence-corrected chi connectivity index (χ3v) is 7.36. The van der Waals surface area contributed by atoms with Crippen LogP contribution < -0.4 is 21.1 Å². The number of halogens is 1. The van der Waals surface area contributed by atoms with Crippen LogP contribution in [-0.2, 0) is 6.54 Å². The van der Waals surface area contributed by atoms with Crippen molar-refractivity contribution in [3.8, 4) is 22.5 Å². The molecule has 11 heteroatoms. The lowest BCUT2D eigenvalue weighted by Gasteiger charge is -2.33. The summed E-state index contributed by atoms with van der Waals surface area (Å²) in [6.07, 6.45) is 1.72. The van der Waals surface area contributed by atoms with Crippen molar-refractivity contribution >= 4 is 40.0 Å². The fourth-order valence-electron chi connectivity index (χ4n) is 5.05. The summed E-state index contributed by atoms with van der Waals surface area (Å²) in [5.41, 5.74) is 4.21. The van der Waals surface area contributed by atoms with Gasteiger partial charge in [-0.3, -0.25) is 9.36 Å². The van der Waals surface area contributed by atoms with E-state index in [0.717, 1.165) is 30.7 Å². The van der Waals surface area contributed by atoms with Crippen molar-refractivity contribution in [1.29, 1.82) is 0 Å². The fraction of sp³-hybridized carbons (Fsp3) is 0.276. The number of aromatic nitrogens is 5. The Hall–Kier alpha value is -4.28. The molecular formula is C29H29ClN8O2. The maximum Gasteiger partial charge on any atom is 0.260 e. The molecule has 1 unspecified atom stereocenters. The first-order valence-corrected chi connectivity index (χ1v) is 13.6. The molecule has 0 aliphatic carbocycles. The molecule has 0 radical (unpaired) electrons. The average molecular weight is 557 g/mol. The van der Waals surface area contributed by atoms with Gasteiger partial charge in [0.1, 0.15) is 5.65 Å². The highest BCUT2D eigenvalue weighted by Crippen LogP contribution is 2.31. The molecule has 40 heavy (non-hydrogen) atoms. The van der Waals surface area contributed by atoms with Crippen LogP contribution in [0.3, 0.4) is 0 Å². The van der Waals surface area contributed by atoms with Gasteiger partial charge in [-0.15, -0.1) is 0 Å². The Bertz CT molecular complexity index is 1750. The Morgan fingerprint density at radius 2 is 1.95 bits per heavy atom. The summed E-state index contributed by atoms with van der Waals surface area (Å²) in [4.78, 5) is 29.4. The predicted octanol–water partition coefficient (Wildman–Crippen LogP) is 5.03. The summed E-state index contributed by atoms with van der Waals surface area (Å²) in [5.74, 6) is 1.33. The van der Waals surface area contributed by atoms with Crippen LogP contribution in [0.4, 0.5) is 17.3 Å². The highest BCUT2D eigenvalue weighted by molar-refractivity contribution is 6.33. The Kier molecular flexibility index (Phi) is 6.95. The first-order chi connectivity index (χ1) is 19.4. The minimum Gasteiger partial charge on any atom is -0.369 e. The number of pyridine rings is 1. The van der Waals surface area contributed by atoms with Crippen molar-refractivity contribution in [1.82, 2.24) is 30.0 Å². The van der Waals surface area contributed by atoms with E-state index in [0.29, 0.717) is 57.6 Å². The summed E-state index contributed by atoms with van der Waals surface area (Å²) in [7, 11) is 0. The molecule has 204 valence electrons. The molecule has 1 atom stereocenters. The fourth-order valence-corrected chi connectivity index (χ4v) is 5.33. The van der Waals surface area contributed by atoms with Gasteiger partial charge in [-0.25, -0.2) is 4.98 Å². The van der Waals surface area contributed by atoms with Gasteiger partial charge in [0.15, 0.2) is 0 Å². The Balaban J connectivity index is 1.29. The van der Waals surface area contributed by atoms with Crippen molar-refractivity contribution in [2.45, 2.75) is 33.4 Å². The molecule has 10 nitrogen and oxygen atoms in total. The van der Waals surface area contributed by atoms with E-state index < -0.39 is 0 Å². The van der Waals surface area contributed by atoms with Crippen LogP contribution in [-0.4, -0.2) is 50.4 Å². The molecule has 0 saturated carbocycles. The molecular weight excluding hydrogens is 528 g/mol. The van der Waals surface area contributed by atoms with Crippen LogP contribution >= 0.6 is 11.6 Å². The van der Waals surface area contributed by atoms with Crippen LogP contribution in [0.1, 0.15) is 19.7 Å². The molecule has 3 aromatic heterocycles. The second-order valence-corrected chi connectivity index (χ2v) is 10.3. The van der Waals surface area contributed by atoms with E-state index >= 15 is 0 Å². The number of rotatable bonds is 6. The monoisotopic (exact) mass is 556 g/mol. The van der Waals surface area contributed by atoms with Gasteiger partial charge >= 0.3 is 0 Å². The molecule has 1 saturated heterocycles. The number of hydrogen-bond donors (Lipinski definition) is 2. The maximum absolute atomic E-state index is 13.6. The van der Waals surface area contributed by atoms with Crippen LogP contribution in [0.2, 0.25) is 5.02 Å². The zero-order valence-electron chi connectivity index (χ0n) is 22.5. The molecule has 4 heterocycles. The van der Waals surface area contributed by atoms with E-state index in [1.54, 1.807) is 35.9 Å². The Morgan fingerprint density at radius 1 is 1.12 bits per heavy atom. The zero-order chi connectivity index (χ0) is 27.8. The second kappa shape index (κ2) is 10.7. The summed E-state index contributed by atoms with van der Waals surface area (Å²) in [6, 6.07) is 15.9. The van der Waals surface area contributed by atoms with Gasteiger partial charge in [0, 0.05) is 83.8 Å². The smallest absolute Gasteiger partial charge is 0.260 e. The van der Waals surface area contributed by atoms with Crippen molar-refractivity contribution < 1.29 is 4.52 Å². The van der Waals surface area contributed by atoms with E-state index in [9.17, 15) is 4.79 Å². The SMILES string of the molecule is CCn1c(=O)c(-c2ccc(-c3noc(C)n3)cc2Cl)cc2cnc(Nc3ccc(N4CCNC(C)C4)cc3)nc21. The lowest BCUT2D eigenvalue weighted by molar-refractivity contribution is 0.394. The number of anilines is 3. The molecule has 2 aromatic carbocycles. The summed E-state index contributed by atoms with van der Waals surface area (Å²) in [6.45, 7) is 9.21. The van der Waals surface area contributed by atoms with Gasteiger partial charge < -0.3 is 20.1 Å². The van der Waals surface area contributed by atoms with Crippen LogP contribution in [0.5, 0.6) is 0 Å². The van der Waals surface area contributed by atoms with Crippen molar-refractivity contribution in [3.63, 3.8) is 0 Å². The summed E-state index contributed by atoms with van der Waals surface area (Å²) in [5, 5.41) is 11.8. The molecule has 0 bridgehead atoms. The third-order valence-electron chi connectivity index (χ3n) is 7.05. The molecule has 1 aliphatic heterocycles. The number of benzene rings is 2. The van der Waals surface area contributed by atoms with Gasteiger partial charge in [-0.1, -0.05) is 28.9 Å². The summed E-state index contributed by atoms with van der Waals surface area (Å²) >= 11 is 6.64. The van der Waals surface area contributed by atoms with Crippen LogP contribution in [0.15, 0.2) is 64.0 Å². The van der Waals surface area contributed by atoms with Gasteiger partial charge in [0.2, 0.25) is 17.7 Å².